The molecule has 1 aromatic carbocycles. The third kappa shape index (κ3) is 4.56. The monoisotopic (exact) mass is 280 g/mol. The van der Waals surface area contributed by atoms with Crippen molar-refractivity contribution in [1.29, 1.82) is 0 Å². The van der Waals surface area contributed by atoms with E-state index in [1.807, 2.05) is 0 Å². The fourth-order valence-corrected chi connectivity index (χ4v) is 1.47. The van der Waals surface area contributed by atoms with Crippen molar-refractivity contribution in [3.8, 4) is 16.9 Å². The molecule has 0 bridgehead atoms. The number of pyridine rings is 1. The van der Waals surface area contributed by atoms with Crippen LogP contribution in [0.15, 0.2) is 36.5 Å². The molecule has 2 aromatic rings. The molecule has 2 rings (SSSR count). The summed E-state index contributed by atoms with van der Waals surface area (Å²) in [5, 5.41) is 9.54. The summed E-state index contributed by atoms with van der Waals surface area (Å²) in [5.41, 5.74) is 5.87. The molecule has 0 radical (unpaired) electrons. The van der Waals surface area contributed by atoms with Crippen LogP contribution in [-0.2, 0) is 0 Å². The number of aromatic nitrogens is 1. The van der Waals surface area contributed by atoms with Gasteiger partial charge in [0.15, 0.2) is 5.69 Å². The maximum Gasteiger partial charge on any atom is 1.00 e. The number of benzene rings is 1. The normalized spacial score (nSPS) is 9.11. The summed E-state index contributed by atoms with van der Waals surface area (Å²) in [6, 6.07) is 7.16. The first-order valence-electron chi connectivity index (χ1n) is 4.82. The second-order valence-corrected chi connectivity index (χ2v) is 3.47. The molecule has 4 nitrogen and oxygen atoms in total. The first kappa shape index (κ1) is 18.6. The van der Waals surface area contributed by atoms with Gasteiger partial charge in [-0.25, -0.2) is 9.37 Å². The van der Waals surface area contributed by atoms with Crippen molar-refractivity contribution in [3.05, 3.63) is 48.0 Å². The molecule has 0 saturated heterocycles. The van der Waals surface area contributed by atoms with E-state index >= 15 is 0 Å². The van der Waals surface area contributed by atoms with E-state index in [-0.39, 0.29) is 79.2 Å². The summed E-state index contributed by atoms with van der Waals surface area (Å²) in [4.78, 5) is 14.6. The second kappa shape index (κ2) is 7.99. The molecule has 1 aromatic heterocycles. The van der Waals surface area contributed by atoms with Crippen LogP contribution in [0, 0.1) is 5.82 Å². The molecule has 3 N–H and O–H groups in total. The Morgan fingerprint density at radius 3 is 2.47 bits per heavy atom. The number of halogens is 1. The van der Waals surface area contributed by atoms with Crippen molar-refractivity contribution >= 4 is 5.91 Å². The fraction of sp³-hybridized carbons (Fsp3) is 0. The quantitative estimate of drug-likeness (QED) is 0.549. The maximum absolute atomic E-state index is 13.0. The number of amides is 1. The molecule has 7 heteroatoms. The molecular weight excluding hydrogens is 269 g/mol. The van der Waals surface area contributed by atoms with E-state index in [2.05, 4.69) is 4.98 Å². The van der Waals surface area contributed by atoms with E-state index in [0.717, 1.165) is 0 Å². The Balaban J connectivity index is -0.000000810. The van der Waals surface area contributed by atoms with Crippen LogP contribution < -0.4 is 64.8 Å². The minimum Gasteiger partial charge on any atom is -1.00 e. The molecule has 0 aliphatic carbocycles. The third-order valence-corrected chi connectivity index (χ3v) is 2.26. The molecule has 0 atom stereocenters. The Morgan fingerprint density at radius 2 is 1.95 bits per heavy atom. The van der Waals surface area contributed by atoms with E-state index in [0.29, 0.717) is 11.1 Å². The Kier molecular flexibility index (Phi) is 7.81. The average molecular weight is 280 g/mol. The van der Waals surface area contributed by atoms with Gasteiger partial charge in [0.25, 0.3) is 5.91 Å². The van der Waals surface area contributed by atoms with Crippen LogP contribution in [-0.4, -0.2) is 16.0 Å². The van der Waals surface area contributed by atoms with Gasteiger partial charge in [0, 0.05) is 11.8 Å². The first-order valence-corrected chi connectivity index (χ1v) is 4.82. The zero-order chi connectivity index (χ0) is 12.4. The van der Waals surface area contributed by atoms with Crippen molar-refractivity contribution in [2.75, 3.05) is 0 Å². The summed E-state index contributed by atoms with van der Waals surface area (Å²) in [7, 11) is 0. The second-order valence-electron chi connectivity index (χ2n) is 3.47. The summed E-state index contributed by atoms with van der Waals surface area (Å²) < 4.78 is 13.0. The van der Waals surface area contributed by atoms with Gasteiger partial charge >= 0.3 is 59.1 Å². The Morgan fingerprint density at radius 1 is 1.26 bits per heavy atom. The molecule has 0 fully saturated rings. The van der Waals surface area contributed by atoms with Gasteiger partial charge in [0.05, 0.1) is 0 Å². The molecule has 0 aliphatic heterocycles. The fourth-order valence-electron chi connectivity index (χ4n) is 1.47. The number of rotatable bonds is 2. The van der Waals surface area contributed by atoms with Crippen LogP contribution in [0.3, 0.4) is 0 Å². The standard InChI is InChI=1S/C12H9FN2O2.2Na.2H/c13-9-3-1-2-7(4-9)8-5-10(16)11(12(14)17)15-6-8;;;;/h1-6,16H,(H2,14,17);;;;/q;2*+1;2*-1. The van der Waals surface area contributed by atoms with Gasteiger partial charge in [0.1, 0.15) is 11.6 Å². The Labute approximate surface area is 156 Å². The number of primary amides is 1. The van der Waals surface area contributed by atoms with Crippen molar-refractivity contribution in [2.45, 2.75) is 0 Å². The predicted octanol–water partition coefficient (Wildman–Crippen LogP) is -4.07. The zero-order valence-corrected chi connectivity index (χ0v) is 14.7. The number of hydrogen-bond donors (Lipinski definition) is 2. The van der Waals surface area contributed by atoms with Crippen LogP contribution in [0.4, 0.5) is 4.39 Å². The molecule has 19 heavy (non-hydrogen) atoms. The van der Waals surface area contributed by atoms with Crippen LogP contribution in [0.1, 0.15) is 13.3 Å². The molecule has 0 aliphatic rings. The van der Waals surface area contributed by atoms with Crippen molar-refractivity contribution in [3.63, 3.8) is 0 Å². The molecule has 90 valence electrons. The van der Waals surface area contributed by atoms with Gasteiger partial charge in [-0.05, 0) is 23.8 Å². The minimum atomic E-state index is -0.812. The number of nitrogens with zero attached hydrogens (tertiary/aromatic N) is 1. The van der Waals surface area contributed by atoms with E-state index in [1.54, 1.807) is 12.1 Å². The van der Waals surface area contributed by atoms with Crippen LogP contribution in [0.2, 0.25) is 0 Å². The number of hydrogen-bond acceptors (Lipinski definition) is 3. The molecule has 0 unspecified atom stereocenters. The van der Waals surface area contributed by atoms with Crippen molar-refractivity contribution < 1.29 is 76.3 Å². The van der Waals surface area contributed by atoms with Gasteiger partial charge < -0.3 is 13.7 Å². The smallest absolute Gasteiger partial charge is 1.00 e. The number of carbonyl (C=O) groups is 1. The van der Waals surface area contributed by atoms with E-state index in [1.165, 1.54) is 24.4 Å². The van der Waals surface area contributed by atoms with E-state index in [9.17, 15) is 14.3 Å². The van der Waals surface area contributed by atoms with Gasteiger partial charge in [0.2, 0.25) is 0 Å². The summed E-state index contributed by atoms with van der Waals surface area (Å²) >= 11 is 0. The Hall–Kier alpha value is -0.430. The topological polar surface area (TPSA) is 76.2 Å². The van der Waals surface area contributed by atoms with Crippen LogP contribution in [0.25, 0.3) is 11.1 Å². The molecule has 1 heterocycles. The SMILES string of the molecule is NC(=O)c1ncc(-c2cccc(F)c2)cc1O.[H-].[H-].[Na+].[Na+]. The summed E-state index contributed by atoms with van der Waals surface area (Å²) in [6.45, 7) is 0. The first-order chi connectivity index (χ1) is 8.08. The van der Waals surface area contributed by atoms with E-state index < -0.39 is 5.91 Å². The number of carbonyl (C=O) groups excluding carboxylic acids is 1. The van der Waals surface area contributed by atoms with Gasteiger partial charge in [-0.3, -0.25) is 4.79 Å². The minimum absolute atomic E-state index is 0. The third-order valence-electron chi connectivity index (χ3n) is 2.26. The Bertz CT molecular complexity index is 603. The zero-order valence-electron chi connectivity index (χ0n) is 12.7. The predicted molar refractivity (Wildman–Crippen MR) is 62.0 cm³/mol. The molecule has 0 saturated carbocycles. The van der Waals surface area contributed by atoms with Crippen LogP contribution >= 0.6 is 0 Å². The largest absolute Gasteiger partial charge is 1.00 e. The van der Waals surface area contributed by atoms with Crippen LogP contribution in [0.5, 0.6) is 5.75 Å². The van der Waals surface area contributed by atoms with Gasteiger partial charge in [-0.1, -0.05) is 12.1 Å². The molecular formula is C12H11FN2Na2O2. The number of nitrogens with two attached hydrogens (primary N) is 1. The van der Waals surface area contributed by atoms with Crippen molar-refractivity contribution in [2.24, 2.45) is 5.73 Å². The van der Waals surface area contributed by atoms with E-state index in [4.69, 9.17) is 5.73 Å². The number of aromatic hydroxyl groups is 1. The van der Waals surface area contributed by atoms with Crippen molar-refractivity contribution in [1.82, 2.24) is 4.98 Å². The van der Waals surface area contributed by atoms with Gasteiger partial charge in [-0.2, -0.15) is 0 Å². The average Bonchev–Trinajstić information content (AvgIpc) is 2.28. The molecule has 0 spiro atoms. The maximum atomic E-state index is 13.0. The summed E-state index contributed by atoms with van der Waals surface area (Å²) in [6.07, 6.45) is 1.36. The molecule has 1 amide bonds. The van der Waals surface area contributed by atoms with Gasteiger partial charge in [-0.15, -0.1) is 0 Å². The summed E-state index contributed by atoms with van der Waals surface area (Å²) in [5.74, 6) is -1.52.